The van der Waals surface area contributed by atoms with Gasteiger partial charge in [0.2, 0.25) is 5.95 Å². The summed E-state index contributed by atoms with van der Waals surface area (Å²) in [7, 11) is -0.734. The second-order valence-electron chi connectivity index (χ2n) is 4.86. The minimum atomic E-state index is -0.734. The van der Waals surface area contributed by atoms with Gasteiger partial charge in [-0.15, -0.1) is 0 Å². The lowest BCUT2D eigenvalue weighted by Crippen LogP contribution is -2.53. The van der Waals surface area contributed by atoms with Crippen LogP contribution in [0.25, 0.3) is 0 Å². The van der Waals surface area contributed by atoms with Crippen molar-refractivity contribution in [2.24, 2.45) is 0 Å². The normalized spacial score (nSPS) is 23.1. The van der Waals surface area contributed by atoms with Gasteiger partial charge < -0.3 is 4.90 Å². The largest absolute Gasteiger partial charge is 0.338 e. The highest BCUT2D eigenvalue weighted by molar-refractivity contribution is 7.86. The van der Waals surface area contributed by atoms with Crippen LogP contribution < -0.4 is 4.90 Å². The summed E-state index contributed by atoms with van der Waals surface area (Å²) < 4.78 is 12.2. The Labute approximate surface area is 111 Å². The van der Waals surface area contributed by atoms with Crippen LogP contribution in [0.3, 0.4) is 0 Å². The highest BCUT2D eigenvalue weighted by Crippen LogP contribution is 2.29. The van der Waals surface area contributed by atoms with Gasteiger partial charge in [-0.2, -0.15) is 0 Å². The molecular weight excluding hydrogens is 246 g/mol. The minimum absolute atomic E-state index is 0.0919. The lowest BCUT2D eigenvalue weighted by Gasteiger charge is -2.41. The maximum Gasteiger partial charge on any atom is 0.225 e. The van der Waals surface area contributed by atoms with Gasteiger partial charge in [-0.1, -0.05) is 13.8 Å². The SMILES string of the molecule is CCC1(CC)CN(c2nccc(C)n2)CCS1=O. The van der Waals surface area contributed by atoms with Gasteiger partial charge in [-0.25, -0.2) is 9.97 Å². The standard InChI is InChI=1S/C13H21N3OS/c1-4-13(5-2)10-16(8-9-18(13)17)12-14-7-6-11(3)15-12/h6-7H,4-5,8-10H2,1-3H3. The van der Waals surface area contributed by atoms with E-state index in [9.17, 15) is 4.21 Å². The van der Waals surface area contributed by atoms with Crippen molar-refractivity contribution in [1.29, 1.82) is 0 Å². The van der Waals surface area contributed by atoms with Crippen LogP contribution in [0.1, 0.15) is 32.4 Å². The van der Waals surface area contributed by atoms with Crippen molar-refractivity contribution < 1.29 is 4.21 Å². The maximum atomic E-state index is 12.3. The Balaban J connectivity index is 2.24. The van der Waals surface area contributed by atoms with Crippen molar-refractivity contribution in [1.82, 2.24) is 9.97 Å². The van der Waals surface area contributed by atoms with E-state index in [0.717, 1.165) is 43.3 Å². The van der Waals surface area contributed by atoms with Crippen molar-refractivity contribution >= 4 is 16.7 Å². The molecule has 0 saturated carbocycles. The van der Waals surface area contributed by atoms with Gasteiger partial charge in [0, 0.05) is 41.5 Å². The minimum Gasteiger partial charge on any atom is -0.338 e. The van der Waals surface area contributed by atoms with Crippen LogP contribution in [0.15, 0.2) is 12.3 Å². The van der Waals surface area contributed by atoms with Gasteiger partial charge in [0.15, 0.2) is 0 Å². The van der Waals surface area contributed by atoms with Crippen molar-refractivity contribution in [2.75, 3.05) is 23.7 Å². The quantitative estimate of drug-likeness (QED) is 0.839. The molecule has 5 heteroatoms. The fourth-order valence-electron chi connectivity index (χ4n) is 2.46. The maximum absolute atomic E-state index is 12.3. The molecule has 0 bridgehead atoms. The van der Waals surface area contributed by atoms with Crippen molar-refractivity contribution in [3.05, 3.63) is 18.0 Å². The molecule has 0 amide bonds. The third kappa shape index (κ3) is 2.41. The van der Waals surface area contributed by atoms with E-state index in [2.05, 4.69) is 28.7 Å². The molecule has 1 aliphatic rings. The van der Waals surface area contributed by atoms with Crippen molar-refractivity contribution in [3.63, 3.8) is 0 Å². The van der Waals surface area contributed by atoms with Crippen molar-refractivity contribution in [2.45, 2.75) is 38.4 Å². The molecule has 2 rings (SSSR count). The van der Waals surface area contributed by atoms with Crippen LogP contribution in [-0.4, -0.2) is 37.8 Å². The zero-order chi connectivity index (χ0) is 13.2. The molecule has 1 aliphatic heterocycles. The van der Waals surface area contributed by atoms with Crippen LogP contribution in [0, 0.1) is 6.92 Å². The van der Waals surface area contributed by atoms with Crippen LogP contribution in [-0.2, 0) is 10.8 Å². The van der Waals surface area contributed by atoms with E-state index in [1.165, 1.54) is 0 Å². The first-order chi connectivity index (χ1) is 8.61. The molecule has 18 heavy (non-hydrogen) atoms. The Bertz CT molecular complexity index is 446. The Hall–Kier alpha value is -0.970. The predicted octanol–water partition coefficient (Wildman–Crippen LogP) is 1.91. The zero-order valence-electron chi connectivity index (χ0n) is 11.3. The first-order valence-corrected chi connectivity index (χ1v) is 7.86. The summed E-state index contributed by atoms with van der Waals surface area (Å²) in [4.78, 5) is 11.0. The lowest BCUT2D eigenvalue weighted by molar-refractivity contribution is 0.492. The monoisotopic (exact) mass is 267 g/mol. The summed E-state index contributed by atoms with van der Waals surface area (Å²) in [6.07, 6.45) is 3.68. The Morgan fingerprint density at radius 1 is 1.44 bits per heavy atom. The van der Waals surface area contributed by atoms with E-state index in [1.54, 1.807) is 6.20 Å². The average Bonchev–Trinajstić information content (AvgIpc) is 2.40. The van der Waals surface area contributed by atoms with Gasteiger partial charge in [-0.05, 0) is 25.8 Å². The number of hydrogen-bond acceptors (Lipinski definition) is 4. The molecule has 0 N–H and O–H groups in total. The Kier molecular flexibility index (Phi) is 4.00. The van der Waals surface area contributed by atoms with E-state index >= 15 is 0 Å². The van der Waals surface area contributed by atoms with Crippen molar-refractivity contribution in [3.8, 4) is 0 Å². The van der Waals surface area contributed by atoms with Gasteiger partial charge >= 0.3 is 0 Å². The van der Waals surface area contributed by atoms with Gasteiger partial charge in [-0.3, -0.25) is 4.21 Å². The fraction of sp³-hybridized carbons (Fsp3) is 0.692. The summed E-state index contributed by atoms with van der Waals surface area (Å²) >= 11 is 0. The molecule has 1 atom stereocenters. The molecule has 1 unspecified atom stereocenters. The van der Waals surface area contributed by atoms with E-state index in [0.29, 0.717) is 0 Å². The molecule has 0 aliphatic carbocycles. The molecule has 1 fully saturated rings. The van der Waals surface area contributed by atoms with Crippen LogP contribution in [0.5, 0.6) is 0 Å². The number of anilines is 1. The molecule has 4 nitrogen and oxygen atoms in total. The van der Waals surface area contributed by atoms with E-state index in [1.807, 2.05) is 13.0 Å². The van der Waals surface area contributed by atoms with E-state index in [-0.39, 0.29) is 4.75 Å². The van der Waals surface area contributed by atoms with Crippen LogP contribution in [0.4, 0.5) is 5.95 Å². The molecule has 1 aromatic rings. The average molecular weight is 267 g/mol. The number of nitrogens with zero attached hydrogens (tertiary/aromatic N) is 3. The third-order valence-electron chi connectivity index (χ3n) is 3.86. The number of aryl methyl sites for hydroxylation is 1. The topological polar surface area (TPSA) is 46.1 Å². The Morgan fingerprint density at radius 2 is 2.17 bits per heavy atom. The van der Waals surface area contributed by atoms with Crippen LogP contribution >= 0.6 is 0 Å². The molecule has 2 heterocycles. The summed E-state index contributed by atoms with van der Waals surface area (Å²) in [5, 5.41) is 0. The van der Waals surface area contributed by atoms with Gasteiger partial charge in [0.1, 0.15) is 0 Å². The first kappa shape index (κ1) is 13.5. The number of hydrogen-bond donors (Lipinski definition) is 0. The first-order valence-electron chi connectivity index (χ1n) is 6.54. The molecule has 0 aromatic carbocycles. The molecule has 0 radical (unpaired) electrons. The fourth-order valence-corrected chi connectivity index (χ4v) is 4.23. The smallest absolute Gasteiger partial charge is 0.225 e. The number of aromatic nitrogens is 2. The van der Waals surface area contributed by atoms with E-state index < -0.39 is 10.8 Å². The van der Waals surface area contributed by atoms with Gasteiger partial charge in [0.25, 0.3) is 0 Å². The van der Waals surface area contributed by atoms with Gasteiger partial charge in [0.05, 0.1) is 4.75 Å². The zero-order valence-corrected chi connectivity index (χ0v) is 12.2. The molecular formula is C13H21N3OS. The summed E-state index contributed by atoms with van der Waals surface area (Å²) in [5.41, 5.74) is 0.977. The van der Waals surface area contributed by atoms with E-state index in [4.69, 9.17) is 0 Å². The summed E-state index contributed by atoms with van der Waals surface area (Å²) in [6, 6.07) is 1.90. The highest BCUT2D eigenvalue weighted by atomic mass is 32.2. The molecule has 100 valence electrons. The summed E-state index contributed by atoms with van der Waals surface area (Å²) in [6.45, 7) is 7.82. The number of rotatable bonds is 3. The Morgan fingerprint density at radius 3 is 2.78 bits per heavy atom. The molecule has 1 aromatic heterocycles. The lowest BCUT2D eigenvalue weighted by atomic mass is 10.0. The molecule has 0 spiro atoms. The summed E-state index contributed by atoms with van der Waals surface area (Å²) in [5.74, 6) is 1.50. The second kappa shape index (κ2) is 5.34. The predicted molar refractivity (Wildman–Crippen MR) is 75.3 cm³/mol. The third-order valence-corrected chi connectivity index (χ3v) is 6.09. The second-order valence-corrected chi connectivity index (χ2v) is 6.82. The van der Waals surface area contributed by atoms with Crippen LogP contribution in [0.2, 0.25) is 0 Å². The molecule has 1 saturated heterocycles. The highest BCUT2D eigenvalue weighted by Gasteiger charge is 2.39.